The highest BCUT2D eigenvalue weighted by atomic mass is 16.6. The quantitative estimate of drug-likeness (QED) is 0.776. The summed E-state index contributed by atoms with van der Waals surface area (Å²) in [5, 5.41) is 9.02. The first-order valence-corrected chi connectivity index (χ1v) is 5.95. The Kier molecular flexibility index (Phi) is 2.41. The number of benzene rings is 1. The van der Waals surface area contributed by atoms with E-state index in [9.17, 15) is 9.59 Å². The van der Waals surface area contributed by atoms with Crippen LogP contribution in [0.5, 0.6) is 5.75 Å². The highest BCUT2D eigenvalue weighted by Gasteiger charge is 2.51. The molecule has 1 fully saturated rings. The summed E-state index contributed by atoms with van der Waals surface area (Å²) in [4.78, 5) is 24.2. The number of hydrogen-bond donors (Lipinski definition) is 1. The Morgan fingerprint density at radius 1 is 1.53 bits per heavy atom. The predicted octanol–water partition coefficient (Wildman–Crippen LogP) is 1.44. The number of nitrogens with zero attached hydrogens (tertiary/aromatic N) is 1. The zero-order valence-corrected chi connectivity index (χ0v) is 10.4. The molecule has 1 saturated heterocycles. The van der Waals surface area contributed by atoms with Crippen LogP contribution in [0.1, 0.15) is 22.3 Å². The lowest BCUT2D eigenvalue weighted by Gasteiger charge is -2.23. The molecule has 3 rings (SSSR count). The van der Waals surface area contributed by atoms with Gasteiger partial charge in [0.25, 0.3) is 0 Å². The van der Waals surface area contributed by atoms with E-state index in [-0.39, 0.29) is 6.54 Å². The van der Waals surface area contributed by atoms with E-state index in [4.69, 9.17) is 14.6 Å². The van der Waals surface area contributed by atoms with Gasteiger partial charge in [0, 0.05) is 18.5 Å². The number of ether oxygens (including phenoxy) is 2. The van der Waals surface area contributed by atoms with E-state index in [0.29, 0.717) is 24.3 Å². The van der Waals surface area contributed by atoms with Crippen LogP contribution in [0.3, 0.4) is 0 Å². The molecule has 0 aliphatic carbocycles. The van der Waals surface area contributed by atoms with Crippen molar-refractivity contribution in [3.8, 4) is 5.75 Å². The second-order valence-corrected chi connectivity index (χ2v) is 4.75. The molecule has 0 radical (unpaired) electrons. The van der Waals surface area contributed by atoms with E-state index in [1.54, 1.807) is 18.2 Å². The van der Waals surface area contributed by atoms with Crippen molar-refractivity contribution in [2.45, 2.75) is 12.0 Å². The van der Waals surface area contributed by atoms with Gasteiger partial charge in [-0.25, -0.2) is 9.59 Å². The first kappa shape index (κ1) is 11.8. The third-order valence-corrected chi connectivity index (χ3v) is 3.73. The minimum absolute atomic E-state index is 0.188. The summed E-state index contributed by atoms with van der Waals surface area (Å²) in [6.45, 7) is 0.557. The summed E-state index contributed by atoms with van der Waals surface area (Å²) in [6.07, 6.45) is -0.500. The zero-order chi connectivity index (χ0) is 13.6. The first-order valence-electron chi connectivity index (χ1n) is 5.95. The third kappa shape index (κ3) is 1.63. The topological polar surface area (TPSA) is 76.1 Å². The molecule has 1 aromatic carbocycles. The van der Waals surface area contributed by atoms with Crippen molar-refractivity contribution in [1.29, 1.82) is 0 Å². The first-order chi connectivity index (χ1) is 9.05. The minimum atomic E-state index is -0.991. The van der Waals surface area contributed by atoms with Crippen LogP contribution < -0.4 is 4.74 Å². The highest BCUT2D eigenvalue weighted by molar-refractivity contribution is 5.95. The normalized spacial score (nSPS) is 24.5. The molecule has 0 aromatic heterocycles. The van der Waals surface area contributed by atoms with Gasteiger partial charge in [-0.2, -0.15) is 0 Å². The third-order valence-electron chi connectivity index (χ3n) is 3.73. The van der Waals surface area contributed by atoms with Gasteiger partial charge in [-0.15, -0.1) is 0 Å². The summed E-state index contributed by atoms with van der Waals surface area (Å²) in [5.74, 6) is 0.168. The molecule has 19 heavy (non-hydrogen) atoms. The number of methoxy groups -OCH3 is 1. The van der Waals surface area contributed by atoms with Crippen molar-refractivity contribution in [2.75, 3.05) is 20.2 Å². The molecule has 1 N–H and O–H groups in total. The molecular formula is C13H13NO5. The molecule has 6 heteroatoms. The largest absolute Gasteiger partial charge is 0.497 e. The number of carboxylic acid groups (broad SMARTS) is 1. The van der Waals surface area contributed by atoms with E-state index in [2.05, 4.69) is 0 Å². The number of carbonyl (C=O) groups excluding carboxylic acids is 1. The van der Waals surface area contributed by atoms with Crippen LogP contribution in [0.2, 0.25) is 0 Å². The van der Waals surface area contributed by atoms with Gasteiger partial charge in [0.05, 0.1) is 19.2 Å². The second-order valence-electron chi connectivity index (χ2n) is 4.75. The second kappa shape index (κ2) is 3.88. The molecule has 0 bridgehead atoms. The molecular weight excluding hydrogens is 250 g/mol. The number of rotatable bonds is 1. The number of fused-ring (bicyclic) bond motifs is 2. The summed E-state index contributed by atoms with van der Waals surface area (Å²) >= 11 is 0. The van der Waals surface area contributed by atoms with Gasteiger partial charge < -0.3 is 19.5 Å². The van der Waals surface area contributed by atoms with Gasteiger partial charge in [0.2, 0.25) is 0 Å². The van der Waals surface area contributed by atoms with Gasteiger partial charge in [-0.05, 0) is 12.1 Å². The van der Waals surface area contributed by atoms with Crippen LogP contribution in [0.25, 0.3) is 0 Å². The smallest absolute Gasteiger partial charge is 0.407 e. The molecule has 2 heterocycles. The van der Waals surface area contributed by atoms with Crippen molar-refractivity contribution in [3.05, 3.63) is 29.3 Å². The van der Waals surface area contributed by atoms with Crippen molar-refractivity contribution < 1.29 is 24.2 Å². The highest BCUT2D eigenvalue weighted by Crippen LogP contribution is 2.44. The van der Waals surface area contributed by atoms with Crippen molar-refractivity contribution in [1.82, 2.24) is 4.90 Å². The average Bonchev–Trinajstić information content (AvgIpc) is 2.93. The maximum atomic E-state index is 11.9. The van der Waals surface area contributed by atoms with Gasteiger partial charge in [-0.3, -0.25) is 0 Å². The van der Waals surface area contributed by atoms with Crippen molar-refractivity contribution in [3.63, 3.8) is 0 Å². The Morgan fingerprint density at radius 2 is 2.32 bits per heavy atom. The number of carbonyl (C=O) groups is 2. The molecule has 1 amide bonds. The summed E-state index contributed by atoms with van der Waals surface area (Å²) in [7, 11) is 1.53. The minimum Gasteiger partial charge on any atom is -0.497 e. The molecule has 2 aliphatic rings. The number of esters is 1. The lowest BCUT2D eigenvalue weighted by atomic mass is 9.91. The summed E-state index contributed by atoms with van der Waals surface area (Å²) in [5.41, 5.74) is 0.394. The fourth-order valence-corrected chi connectivity index (χ4v) is 2.75. The molecule has 1 spiro atoms. The monoisotopic (exact) mass is 263 g/mol. The van der Waals surface area contributed by atoms with Gasteiger partial charge in [0.1, 0.15) is 5.75 Å². The van der Waals surface area contributed by atoms with E-state index in [1.807, 2.05) is 0 Å². The Morgan fingerprint density at radius 3 is 2.95 bits per heavy atom. The van der Waals surface area contributed by atoms with E-state index >= 15 is 0 Å². The van der Waals surface area contributed by atoms with Crippen LogP contribution in [0.4, 0.5) is 4.79 Å². The van der Waals surface area contributed by atoms with Crippen LogP contribution in [0.15, 0.2) is 18.2 Å². The molecule has 1 atom stereocenters. The van der Waals surface area contributed by atoms with E-state index < -0.39 is 17.7 Å². The summed E-state index contributed by atoms with van der Waals surface area (Å²) in [6, 6.07) is 5.17. The maximum Gasteiger partial charge on any atom is 0.407 e. The SMILES string of the molecule is COc1ccc2c(c1)C(=O)OC21CCN(C(=O)O)C1. The Labute approximate surface area is 109 Å². The Bertz CT molecular complexity index is 570. The molecule has 6 nitrogen and oxygen atoms in total. The predicted molar refractivity (Wildman–Crippen MR) is 64.3 cm³/mol. The summed E-state index contributed by atoms with van der Waals surface area (Å²) < 4.78 is 10.5. The van der Waals surface area contributed by atoms with Gasteiger partial charge in [-0.1, -0.05) is 6.07 Å². The molecule has 2 aliphatic heterocycles. The molecule has 0 saturated carbocycles. The lowest BCUT2D eigenvalue weighted by Crippen LogP contribution is -2.33. The van der Waals surface area contributed by atoms with Crippen molar-refractivity contribution >= 4 is 12.1 Å². The Balaban J connectivity index is 2.01. The Hall–Kier alpha value is -2.24. The van der Waals surface area contributed by atoms with Crippen LogP contribution >= 0.6 is 0 Å². The fraction of sp³-hybridized carbons (Fsp3) is 0.385. The number of amides is 1. The molecule has 1 unspecified atom stereocenters. The van der Waals surface area contributed by atoms with Crippen LogP contribution in [-0.4, -0.2) is 42.3 Å². The van der Waals surface area contributed by atoms with Crippen LogP contribution in [-0.2, 0) is 10.3 Å². The van der Waals surface area contributed by atoms with Gasteiger partial charge >= 0.3 is 12.1 Å². The molecule has 1 aromatic rings. The van der Waals surface area contributed by atoms with E-state index in [0.717, 1.165) is 5.56 Å². The molecule has 100 valence electrons. The number of likely N-dealkylation sites (tertiary alicyclic amines) is 1. The van der Waals surface area contributed by atoms with Gasteiger partial charge in [0.15, 0.2) is 5.60 Å². The van der Waals surface area contributed by atoms with Crippen molar-refractivity contribution in [2.24, 2.45) is 0 Å². The average molecular weight is 263 g/mol. The van der Waals surface area contributed by atoms with Crippen LogP contribution in [0, 0.1) is 0 Å². The zero-order valence-electron chi connectivity index (χ0n) is 10.4. The fourth-order valence-electron chi connectivity index (χ4n) is 2.75. The lowest BCUT2D eigenvalue weighted by molar-refractivity contribution is -0.00288. The standard InChI is InChI=1S/C13H13NO5/c1-18-8-2-3-10-9(6-8)11(15)19-13(10)4-5-14(7-13)12(16)17/h2-3,6H,4-5,7H2,1H3,(H,16,17). The maximum absolute atomic E-state index is 11.9. The van der Waals surface area contributed by atoms with E-state index in [1.165, 1.54) is 12.0 Å². The number of hydrogen-bond acceptors (Lipinski definition) is 4.